The summed E-state index contributed by atoms with van der Waals surface area (Å²) < 4.78 is 5.86. The molecular formula is C10H15BrClN3O. The van der Waals surface area contributed by atoms with Gasteiger partial charge in [0.1, 0.15) is 0 Å². The third kappa shape index (κ3) is 3.79. The van der Waals surface area contributed by atoms with Gasteiger partial charge in [0.2, 0.25) is 11.8 Å². The van der Waals surface area contributed by atoms with E-state index in [0.717, 1.165) is 17.4 Å². The summed E-state index contributed by atoms with van der Waals surface area (Å²) in [6.07, 6.45) is 2.57. The number of anilines is 1. The highest BCUT2D eigenvalue weighted by Crippen LogP contribution is 2.23. The fourth-order valence-corrected chi connectivity index (χ4v) is 1.59. The summed E-state index contributed by atoms with van der Waals surface area (Å²) in [5.41, 5.74) is 0. The number of alkyl halides is 1. The predicted molar refractivity (Wildman–Crippen MR) is 69.5 cm³/mol. The molecule has 1 heterocycles. The molecule has 0 fully saturated rings. The molecule has 0 aliphatic carbocycles. The molecule has 0 saturated carbocycles. The van der Waals surface area contributed by atoms with Crippen molar-refractivity contribution in [1.29, 1.82) is 0 Å². The fraction of sp³-hybridized carbons (Fsp3) is 0.600. The van der Waals surface area contributed by atoms with E-state index in [2.05, 4.69) is 25.9 Å². The van der Waals surface area contributed by atoms with Crippen molar-refractivity contribution in [2.75, 3.05) is 25.6 Å². The summed E-state index contributed by atoms with van der Waals surface area (Å²) in [7, 11) is 3.51. The minimum Gasteiger partial charge on any atom is -0.480 e. The van der Waals surface area contributed by atoms with E-state index >= 15 is 0 Å². The quantitative estimate of drug-likeness (QED) is 0.784. The molecule has 0 radical (unpaired) electrons. The number of halogens is 2. The van der Waals surface area contributed by atoms with Crippen LogP contribution in [0.4, 0.5) is 5.95 Å². The SMILES string of the molecule is COc1nc(N(C)CCC(C)Cl)ncc1Br. The Morgan fingerprint density at radius 2 is 2.31 bits per heavy atom. The van der Waals surface area contributed by atoms with Crippen molar-refractivity contribution in [1.82, 2.24) is 9.97 Å². The summed E-state index contributed by atoms with van der Waals surface area (Å²) >= 11 is 9.21. The van der Waals surface area contributed by atoms with Gasteiger partial charge in [-0.05, 0) is 29.3 Å². The minimum atomic E-state index is 0.153. The first kappa shape index (κ1) is 13.5. The van der Waals surface area contributed by atoms with Crippen molar-refractivity contribution in [2.45, 2.75) is 18.7 Å². The Kier molecular flexibility index (Phi) is 5.28. The Balaban J connectivity index is 2.72. The maximum Gasteiger partial charge on any atom is 0.232 e. The molecule has 0 aliphatic heterocycles. The van der Waals surface area contributed by atoms with Crippen LogP contribution in [-0.4, -0.2) is 36.0 Å². The highest BCUT2D eigenvalue weighted by atomic mass is 79.9. The molecular weight excluding hydrogens is 293 g/mol. The lowest BCUT2D eigenvalue weighted by Gasteiger charge is -2.18. The third-order valence-electron chi connectivity index (χ3n) is 2.10. The van der Waals surface area contributed by atoms with Gasteiger partial charge in [-0.3, -0.25) is 0 Å². The molecule has 0 bridgehead atoms. The highest BCUT2D eigenvalue weighted by Gasteiger charge is 2.09. The number of hydrogen-bond donors (Lipinski definition) is 0. The second kappa shape index (κ2) is 6.25. The van der Waals surface area contributed by atoms with Gasteiger partial charge in [0.05, 0.1) is 17.8 Å². The van der Waals surface area contributed by atoms with Gasteiger partial charge in [-0.2, -0.15) is 4.98 Å². The highest BCUT2D eigenvalue weighted by molar-refractivity contribution is 9.10. The number of ether oxygens (including phenoxy) is 1. The molecule has 1 atom stereocenters. The first-order chi connectivity index (χ1) is 7.54. The molecule has 1 rings (SSSR count). The fourth-order valence-electron chi connectivity index (χ4n) is 1.14. The molecule has 90 valence electrons. The van der Waals surface area contributed by atoms with Crippen molar-refractivity contribution in [3.8, 4) is 5.88 Å². The first-order valence-corrected chi connectivity index (χ1v) is 6.19. The molecule has 1 aromatic heterocycles. The van der Waals surface area contributed by atoms with Crippen molar-refractivity contribution in [3.63, 3.8) is 0 Å². The van der Waals surface area contributed by atoms with Crippen LogP contribution in [0.2, 0.25) is 0 Å². The number of rotatable bonds is 5. The standard InChI is InChI=1S/C10H15BrClN3O/c1-7(12)4-5-15(2)10-13-6-8(11)9(14-10)16-3/h6-7H,4-5H2,1-3H3. The zero-order valence-electron chi connectivity index (χ0n) is 9.57. The van der Waals surface area contributed by atoms with Crippen LogP contribution < -0.4 is 9.64 Å². The van der Waals surface area contributed by atoms with Crippen LogP contribution in [0.1, 0.15) is 13.3 Å². The zero-order valence-corrected chi connectivity index (χ0v) is 11.9. The number of nitrogens with zero attached hydrogens (tertiary/aromatic N) is 3. The van der Waals surface area contributed by atoms with Crippen LogP contribution >= 0.6 is 27.5 Å². The summed E-state index contributed by atoms with van der Waals surface area (Å²) in [5, 5.41) is 0.153. The molecule has 0 saturated heterocycles. The van der Waals surface area contributed by atoms with Gasteiger partial charge in [0.25, 0.3) is 0 Å². The van der Waals surface area contributed by atoms with E-state index < -0.39 is 0 Å². The topological polar surface area (TPSA) is 38.2 Å². The van der Waals surface area contributed by atoms with Gasteiger partial charge in [-0.15, -0.1) is 11.6 Å². The second-order valence-electron chi connectivity index (χ2n) is 3.52. The van der Waals surface area contributed by atoms with E-state index in [1.165, 1.54) is 0 Å². The van der Waals surface area contributed by atoms with Crippen LogP contribution in [0, 0.1) is 0 Å². The minimum absolute atomic E-state index is 0.153. The first-order valence-electron chi connectivity index (χ1n) is 4.96. The molecule has 6 heteroatoms. The lowest BCUT2D eigenvalue weighted by atomic mass is 10.3. The normalized spacial score (nSPS) is 12.3. The lowest BCUT2D eigenvalue weighted by Crippen LogP contribution is -2.22. The average molecular weight is 309 g/mol. The predicted octanol–water partition coefficient (Wildman–Crippen LogP) is 2.70. The Bertz CT molecular complexity index is 349. The zero-order chi connectivity index (χ0) is 12.1. The molecule has 0 aromatic carbocycles. The average Bonchev–Trinajstić information content (AvgIpc) is 2.26. The van der Waals surface area contributed by atoms with Crippen LogP contribution in [0.15, 0.2) is 10.7 Å². The van der Waals surface area contributed by atoms with Gasteiger partial charge >= 0.3 is 0 Å². The van der Waals surface area contributed by atoms with Crippen molar-refractivity contribution < 1.29 is 4.74 Å². The summed E-state index contributed by atoms with van der Waals surface area (Å²) in [6.45, 7) is 2.79. The largest absolute Gasteiger partial charge is 0.480 e. The van der Waals surface area contributed by atoms with Crippen LogP contribution in [0.3, 0.4) is 0 Å². The van der Waals surface area contributed by atoms with Crippen molar-refractivity contribution in [2.24, 2.45) is 0 Å². The van der Waals surface area contributed by atoms with Gasteiger partial charge in [0.15, 0.2) is 0 Å². The van der Waals surface area contributed by atoms with E-state index in [-0.39, 0.29) is 5.38 Å². The van der Waals surface area contributed by atoms with E-state index in [1.54, 1.807) is 13.3 Å². The summed E-state index contributed by atoms with van der Waals surface area (Å²) in [5.74, 6) is 1.17. The van der Waals surface area contributed by atoms with Gasteiger partial charge < -0.3 is 9.64 Å². The van der Waals surface area contributed by atoms with E-state index in [0.29, 0.717) is 11.8 Å². The molecule has 0 aliphatic rings. The van der Waals surface area contributed by atoms with E-state index in [1.807, 2.05) is 18.9 Å². The van der Waals surface area contributed by atoms with Crippen LogP contribution in [0.5, 0.6) is 5.88 Å². The second-order valence-corrected chi connectivity index (χ2v) is 5.12. The molecule has 0 spiro atoms. The molecule has 0 N–H and O–H groups in total. The third-order valence-corrected chi connectivity index (χ3v) is 2.86. The molecule has 16 heavy (non-hydrogen) atoms. The molecule has 4 nitrogen and oxygen atoms in total. The summed E-state index contributed by atoms with van der Waals surface area (Å²) in [4.78, 5) is 10.4. The maximum absolute atomic E-state index is 5.89. The maximum atomic E-state index is 5.89. The van der Waals surface area contributed by atoms with Gasteiger partial charge in [-0.1, -0.05) is 0 Å². The number of aromatic nitrogens is 2. The molecule has 0 amide bonds. The Labute approximate surface area is 109 Å². The number of hydrogen-bond acceptors (Lipinski definition) is 4. The smallest absolute Gasteiger partial charge is 0.232 e. The summed E-state index contributed by atoms with van der Waals surface area (Å²) in [6, 6.07) is 0. The Morgan fingerprint density at radius 3 is 2.88 bits per heavy atom. The Morgan fingerprint density at radius 1 is 1.62 bits per heavy atom. The van der Waals surface area contributed by atoms with Gasteiger partial charge in [-0.25, -0.2) is 4.98 Å². The molecule has 1 unspecified atom stereocenters. The Hall–Kier alpha value is -0.550. The van der Waals surface area contributed by atoms with Crippen molar-refractivity contribution in [3.05, 3.63) is 10.7 Å². The van der Waals surface area contributed by atoms with E-state index in [4.69, 9.17) is 16.3 Å². The monoisotopic (exact) mass is 307 g/mol. The number of methoxy groups -OCH3 is 1. The van der Waals surface area contributed by atoms with E-state index in [9.17, 15) is 0 Å². The van der Waals surface area contributed by atoms with Crippen LogP contribution in [0.25, 0.3) is 0 Å². The molecule has 1 aromatic rings. The van der Waals surface area contributed by atoms with Crippen LogP contribution in [-0.2, 0) is 0 Å². The van der Waals surface area contributed by atoms with Crippen molar-refractivity contribution >= 4 is 33.5 Å². The lowest BCUT2D eigenvalue weighted by molar-refractivity contribution is 0.394. The van der Waals surface area contributed by atoms with Gasteiger partial charge in [0, 0.05) is 19.0 Å².